The van der Waals surface area contributed by atoms with Crippen LogP contribution in [0.4, 0.5) is 13.2 Å². The van der Waals surface area contributed by atoms with Gasteiger partial charge in [-0.25, -0.2) is 0 Å². The lowest BCUT2D eigenvalue weighted by Gasteiger charge is -2.38. The average molecular weight is 474 g/mol. The predicted octanol–water partition coefficient (Wildman–Crippen LogP) is 4.24. The smallest absolute Gasteiger partial charge is 0.381 e. The third-order valence-corrected chi connectivity index (χ3v) is 7.66. The predicted molar refractivity (Wildman–Crippen MR) is 121 cm³/mol. The fourth-order valence-electron chi connectivity index (χ4n) is 5.82. The summed E-state index contributed by atoms with van der Waals surface area (Å²) in [6.07, 6.45) is 3.81. The monoisotopic (exact) mass is 473 g/mol. The van der Waals surface area contributed by atoms with E-state index in [9.17, 15) is 18.0 Å². The van der Waals surface area contributed by atoms with E-state index in [1.807, 2.05) is 12.1 Å². The van der Waals surface area contributed by atoms with Gasteiger partial charge in [0, 0.05) is 50.8 Å². The first-order chi connectivity index (χ1) is 16.3. The molecule has 1 saturated heterocycles. The molecule has 0 radical (unpaired) electrons. The Balaban J connectivity index is 1.39. The van der Waals surface area contributed by atoms with Crippen LogP contribution in [-0.2, 0) is 34.1 Å². The van der Waals surface area contributed by atoms with E-state index in [0.717, 1.165) is 49.7 Å². The van der Waals surface area contributed by atoms with Crippen molar-refractivity contribution in [2.24, 2.45) is 0 Å². The lowest BCUT2D eigenvalue weighted by molar-refractivity contribution is -0.138. The second kappa shape index (κ2) is 9.30. The summed E-state index contributed by atoms with van der Waals surface area (Å²) in [6, 6.07) is 8.31. The lowest BCUT2D eigenvalue weighted by atomic mass is 9.77. The number of aromatic nitrogens is 1. The van der Waals surface area contributed by atoms with E-state index in [2.05, 4.69) is 10.3 Å². The minimum absolute atomic E-state index is 0.000149. The van der Waals surface area contributed by atoms with Crippen molar-refractivity contribution in [1.82, 2.24) is 15.2 Å². The Hall–Kier alpha value is -2.45. The highest BCUT2D eigenvalue weighted by Gasteiger charge is 2.49. The molecule has 2 unspecified atom stereocenters. The van der Waals surface area contributed by atoms with Gasteiger partial charge in [-0.2, -0.15) is 13.2 Å². The van der Waals surface area contributed by atoms with Gasteiger partial charge in [-0.3, -0.25) is 9.78 Å². The Morgan fingerprint density at radius 2 is 1.94 bits per heavy atom. The SMILES string of the molecule is O=C(N1CCc2ccc(C(F)(F)F)cc2C1)C1(c2cccnc2)CCC(NC2CCOCC2)C1. The molecule has 182 valence electrons. The number of pyridine rings is 1. The average Bonchev–Trinajstić information content (AvgIpc) is 3.28. The summed E-state index contributed by atoms with van der Waals surface area (Å²) in [5.74, 6) is -0.000149. The number of nitrogens with zero attached hydrogens (tertiary/aromatic N) is 2. The summed E-state index contributed by atoms with van der Waals surface area (Å²) in [6.45, 7) is 2.23. The molecule has 1 aromatic carbocycles. The summed E-state index contributed by atoms with van der Waals surface area (Å²) in [5, 5.41) is 3.74. The Labute approximate surface area is 197 Å². The molecular formula is C26H30F3N3O2. The molecule has 2 atom stereocenters. The first-order valence-corrected chi connectivity index (χ1v) is 12.1. The third-order valence-electron chi connectivity index (χ3n) is 7.66. The first kappa shape index (κ1) is 23.3. The van der Waals surface area contributed by atoms with E-state index in [1.165, 1.54) is 6.07 Å². The normalized spacial score (nSPS) is 25.9. The van der Waals surface area contributed by atoms with Crippen LogP contribution in [0.5, 0.6) is 0 Å². The van der Waals surface area contributed by atoms with E-state index in [1.54, 1.807) is 23.4 Å². The number of rotatable bonds is 4. The number of hydrogen-bond donors (Lipinski definition) is 1. The van der Waals surface area contributed by atoms with Gasteiger partial charge < -0.3 is 15.0 Å². The van der Waals surface area contributed by atoms with Gasteiger partial charge in [-0.1, -0.05) is 12.1 Å². The van der Waals surface area contributed by atoms with Crippen molar-refractivity contribution in [3.8, 4) is 0 Å². The summed E-state index contributed by atoms with van der Waals surface area (Å²) in [5.41, 5.74) is 0.995. The molecule has 1 N–H and O–H groups in total. The van der Waals surface area contributed by atoms with Gasteiger partial charge in [0.2, 0.25) is 5.91 Å². The van der Waals surface area contributed by atoms with Crippen LogP contribution in [-0.4, -0.2) is 47.6 Å². The topological polar surface area (TPSA) is 54.5 Å². The van der Waals surface area contributed by atoms with Crippen LogP contribution in [0.3, 0.4) is 0 Å². The molecule has 2 fully saturated rings. The van der Waals surface area contributed by atoms with Crippen molar-refractivity contribution in [3.63, 3.8) is 0 Å². The molecule has 3 aliphatic rings. The molecule has 1 aliphatic carbocycles. The van der Waals surface area contributed by atoms with Crippen LogP contribution < -0.4 is 5.32 Å². The van der Waals surface area contributed by atoms with Gasteiger partial charge in [0.05, 0.1) is 11.0 Å². The van der Waals surface area contributed by atoms with Crippen molar-refractivity contribution in [2.45, 2.75) is 68.7 Å². The lowest BCUT2D eigenvalue weighted by Crippen LogP contribution is -2.49. The maximum absolute atomic E-state index is 14.1. The molecule has 0 spiro atoms. The summed E-state index contributed by atoms with van der Waals surface area (Å²) < 4.78 is 45.3. The molecule has 34 heavy (non-hydrogen) atoms. The molecular weight excluding hydrogens is 443 g/mol. The van der Waals surface area contributed by atoms with E-state index in [0.29, 0.717) is 37.4 Å². The highest BCUT2D eigenvalue weighted by Crippen LogP contribution is 2.44. The van der Waals surface area contributed by atoms with Crippen molar-refractivity contribution >= 4 is 5.91 Å². The minimum Gasteiger partial charge on any atom is -0.381 e. The van der Waals surface area contributed by atoms with Gasteiger partial charge in [0.15, 0.2) is 0 Å². The molecule has 2 aromatic rings. The van der Waals surface area contributed by atoms with Crippen LogP contribution in [0.1, 0.15) is 54.4 Å². The zero-order valence-corrected chi connectivity index (χ0v) is 19.1. The number of carbonyl (C=O) groups is 1. The number of ether oxygens (including phenoxy) is 1. The quantitative estimate of drug-likeness (QED) is 0.722. The molecule has 5 rings (SSSR count). The van der Waals surface area contributed by atoms with Gasteiger partial charge >= 0.3 is 6.18 Å². The van der Waals surface area contributed by atoms with E-state index in [-0.39, 0.29) is 18.5 Å². The second-order valence-corrected chi connectivity index (χ2v) is 9.77. The van der Waals surface area contributed by atoms with Crippen LogP contribution in [0.15, 0.2) is 42.7 Å². The van der Waals surface area contributed by atoms with Gasteiger partial charge in [-0.05, 0) is 73.4 Å². The van der Waals surface area contributed by atoms with Gasteiger partial charge in [0.25, 0.3) is 0 Å². The van der Waals surface area contributed by atoms with Crippen molar-refractivity contribution in [3.05, 3.63) is 65.0 Å². The second-order valence-electron chi connectivity index (χ2n) is 9.77. The first-order valence-electron chi connectivity index (χ1n) is 12.1. The van der Waals surface area contributed by atoms with E-state index >= 15 is 0 Å². The Bertz CT molecular complexity index is 1020. The van der Waals surface area contributed by atoms with Gasteiger partial charge in [0.1, 0.15) is 0 Å². The highest BCUT2D eigenvalue weighted by molar-refractivity contribution is 5.89. The Kier molecular flexibility index (Phi) is 6.37. The number of benzene rings is 1. The van der Waals surface area contributed by atoms with Gasteiger partial charge in [-0.15, -0.1) is 0 Å². The standard InChI is InChI=1S/C26H30F3N3O2/c27-26(28,29)20-4-3-18-6-11-32(17-19(18)14-20)24(33)25(21-2-1-10-30-16-21)9-5-23(15-25)31-22-7-12-34-13-8-22/h1-4,10,14,16,22-23,31H,5-9,11-13,15,17H2. The van der Waals surface area contributed by atoms with Crippen LogP contribution in [0, 0.1) is 0 Å². The van der Waals surface area contributed by atoms with Crippen molar-refractivity contribution in [1.29, 1.82) is 0 Å². The number of amides is 1. The Morgan fingerprint density at radius 3 is 2.68 bits per heavy atom. The van der Waals surface area contributed by atoms with E-state index in [4.69, 9.17) is 4.74 Å². The zero-order valence-electron chi connectivity index (χ0n) is 19.1. The van der Waals surface area contributed by atoms with Crippen LogP contribution >= 0.6 is 0 Å². The van der Waals surface area contributed by atoms with Crippen molar-refractivity contribution in [2.75, 3.05) is 19.8 Å². The summed E-state index contributed by atoms with van der Waals surface area (Å²) in [4.78, 5) is 20.1. The molecule has 3 heterocycles. The zero-order chi connectivity index (χ0) is 23.8. The number of fused-ring (bicyclic) bond motifs is 1. The molecule has 2 aliphatic heterocycles. The number of hydrogen-bond acceptors (Lipinski definition) is 4. The van der Waals surface area contributed by atoms with Crippen LogP contribution in [0.25, 0.3) is 0 Å². The maximum Gasteiger partial charge on any atom is 0.416 e. The molecule has 1 amide bonds. The number of carbonyl (C=O) groups excluding carboxylic acids is 1. The minimum atomic E-state index is -4.40. The summed E-state index contributed by atoms with van der Waals surface area (Å²) in [7, 11) is 0. The number of halogens is 3. The van der Waals surface area contributed by atoms with Crippen LogP contribution in [0.2, 0.25) is 0 Å². The largest absolute Gasteiger partial charge is 0.416 e. The fraction of sp³-hybridized carbons (Fsp3) is 0.538. The third kappa shape index (κ3) is 4.58. The molecule has 0 bridgehead atoms. The fourth-order valence-corrected chi connectivity index (χ4v) is 5.82. The van der Waals surface area contributed by atoms with E-state index < -0.39 is 17.2 Å². The molecule has 5 nitrogen and oxygen atoms in total. The number of alkyl halides is 3. The molecule has 1 saturated carbocycles. The summed E-state index contributed by atoms with van der Waals surface area (Å²) >= 11 is 0. The molecule has 8 heteroatoms. The highest BCUT2D eigenvalue weighted by atomic mass is 19.4. The Morgan fingerprint density at radius 1 is 1.12 bits per heavy atom. The number of nitrogens with one attached hydrogen (secondary N) is 1. The van der Waals surface area contributed by atoms with Crippen molar-refractivity contribution < 1.29 is 22.7 Å². The molecule has 1 aromatic heterocycles. The maximum atomic E-state index is 14.1.